The SMILES string of the molecule is O=C(O)[C@H]1O[C@@H](Oc2cc(O)c3c(=O)cc(-c4ccc(O[C@@H]5O[C@H](C(=O)O)[C@@H](O)[C@@H](O)[C@@H]5O)c(O[C@@H]5O[C@@H](C(=O)O)[C@@H](O)[C@H](O)[C@H]5O)c4)oc3c2)[C@H](O)[C@@H](O)[C@@H]1O. The van der Waals surface area contributed by atoms with E-state index in [0.29, 0.717) is 0 Å². The Hall–Kier alpha value is -5.22. The molecule has 13 N–H and O–H groups in total. The van der Waals surface area contributed by atoms with Crippen LogP contribution >= 0.6 is 0 Å². The van der Waals surface area contributed by atoms with E-state index in [9.17, 15) is 85.6 Å². The number of aliphatic hydroxyl groups is 9. The maximum absolute atomic E-state index is 13.3. The van der Waals surface area contributed by atoms with Gasteiger partial charge in [0.05, 0.1) is 0 Å². The van der Waals surface area contributed by atoms with Gasteiger partial charge < -0.3 is 99.2 Å². The first-order valence-corrected chi connectivity index (χ1v) is 16.5. The van der Waals surface area contributed by atoms with Crippen LogP contribution in [0.4, 0.5) is 0 Å². The topological polar surface area (TPSA) is 400 Å². The molecule has 3 aromatic rings. The lowest BCUT2D eigenvalue weighted by atomic mass is 9.99. The Bertz CT molecular complexity index is 2070. The van der Waals surface area contributed by atoms with Gasteiger partial charge in [0, 0.05) is 23.8 Å². The van der Waals surface area contributed by atoms with Crippen molar-refractivity contribution >= 4 is 28.9 Å². The van der Waals surface area contributed by atoms with Gasteiger partial charge in [-0.3, -0.25) is 4.79 Å². The highest BCUT2D eigenvalue weighted by Gasteiger charge is 2.51. The van der Waals surface area contributed by atoms with Crippen LogP contribution in [0, 0.1) is 0 Å². The number of phenols is 1. The molecule has 3 aliphatic rings. The summed E-state index contributed by atoms with van der Waals surface area (Å²) >= 11 is 0. The molecule has 0 amide bonds. The number of aromatic hydroxyl groups is 1. The molecular weight excluding hydrogens is 780 g/mol. The zero-order valence-electron chi connectivity index (χ0n) is 28.4. The highest BCUT2D eigenvalue weighted by molar-refractivity contribution is 5.86. The fraction of sp³-hybridized carbons (Fsp3) is 0.455. The number of carboxylic acid groups (broad SMARTS) is 3. The molecule has 3 aliphatic heterocycles. The largest absolute Gasteiger partial charge is 0.507 e. The lowest BCUT2D eigenvalue weighted by Crippen LogP contribution is -2.61. The summed E-state index contributed by atoms with van der Waals surface area (Å²) in [6.45, 7) is 0. The summed E-state index contributed by atoms with van der Waals surface area (Å²) in [6, 6.07) is 5.96. The second-order valence-corrected chi connectivity index (χ2v) is 13.0. The summed E-state index contributed by atoms with van der Waals surface area (Å²) in [7, 11) is 0. The number of fused-ring (bicyclic) bond motifs is 1. The summed E-state index contributed by atoms with van der Waals surface area (Å²) in [5, 5.41) is 131. The molecule has 1 aromatic heterocycles. The molecule has 24 heteroatoms. The van der Waals surface area contributed by atoms with Gasteiger partial charge >= 0.3 is 17.9 Å². The summed E-state index contributed by atoms with van der Waals surface area (Å²) in [6.07, 6.45) is -31.2. The van der Waals surface area contributed by atoms with Crippen LogP contribution in [-0.4, -0.2) is 176 Å². The minimum atomic E-state index is -2.15. The number of hydrogen-bond donors (Lipinski definition) is 13. The van der Waals surface area contributed by atoms with Crippen LogP contribution < -0.4 is 19.6 Å². The summed E-state index contributed by atoms with van der Waals surface area (Å²) in [5.74, 6) is -7.83. The Morgan fingerprint density at radius 3 is 1.42 bits per heavy atom. The molecule has 0 saturated carbocycles. The van der Waals surface area contributed by atoms with E-state index in [-0.39, 0.29) is 11.3 Å². The monoisotopic (exact) mass is 814 g/mol. The van der Waals surface area contributed by atoms with Crippen LogP contribution in [0.3, 0.4) is 0 Å². The second-order valence-electron chi connectivity index (χ2n) is 13.0. The minimum absolute atomic E-state index is 0.112. The van der Waals surface area contributed by atoms with E-state index < -0.39 is 149 Å². The molecular formula is C33H34O24. The molecule has 6 rings (SSSR count). The van der Waals surface area contributed by atoms with Gasteiger partial charge in [-0.05, 0) is 18.2 Å². The van der Waals surface area contributed by atoms with E-state index in [1.165, 1.54) is 6.07 Å². The van der Waals surface area contributed by atoms with Crippen LogP contribution in [0.25, 0.3) is 22.3 Å². The molecule has 3 fully saturated rings. The highest BCUT2D eigenvalue weighted by Crippen LogP contribution is 2.39. The number of rotatable bonds is 10. The normalized spacial score (nSPS) is 35.6. The molecule has 310 valence electrons. The quantitative estimate of drug-likeness (QED) is 0.0911. The predicted molar refractivity (Wildman–Crippen MR) is 174 cm³/mol. The van der Waals surface area contributed by atoms with Crippen LogP contribution in [0.1, 0.15) is 0 Å². The molecule has 0 bridgehead atoms. The highest BCUT2D eigenvalue weighted by atomic mass is 16.7. The third-order valence-corrected chi connectivity index (χ3v) is 9.19. The molecule has 24 nitrogen and oxygen atoms in total. The van der Waals surface area contributed by atoms with E-state index in [4.69, 9.17) is 32.8 Å². The Morgan fingerprint density at radius 1 is 0.526 bits per heavy atom. The summed E-state index contributed by atoms with van der Waals surface area (Å²) in [4.78, 5) is 48.1. The van der Waals surface area contributed by atoms with Gasteiger partial charge in [-0.15, -0.1) is 0 Å². The van der Waals surface area contributed by atoms with Crippen molar-refractivity contribution in [2.24, 2.45) is 0 Å². The van der Waals surface area contributed by atoms with Crippen molar-refractivity contribution in [3.05, 3.63) is 46.6 Å². The van der Waals surface area contributed by atoms with E-state index in [0.717, 1.165) is 30.3 Å². The van der Waals surface area contributed by atoms with Gasteiger partial charge in [0.15, 0.2) is 35.2 Å². The maximum Gasteiger partial charge on any atom is 0.335 e. The molecule has 2 aromatic carbocycles. The van der Waals surface area contributed by atoms with Crippen molar-refractivity contribution in [1.82, 2.24) is 0 Å². The standard InChI is InChI=1S/C33H34O24/c34-9-4-8(51-31-22(42)16(36)19(39)25(55-31)28(45)46)5-14-15(9)10(35)6-12(52-14)7-1-2-11(53-32-23(43)17(37)20(40)26(56-32)29(47)48)13(3-7)54-33-24(44)18(38)21(41)27(57-33)30(49)50/h1-6,16-27,31-34,36-44H,(H,45,46)(H,47,48)(H,49,50)/t16-,17+,18-,19-,20-,21-,22+,23-,24+,25-,26-,27+,31+,32+,33+/m0/s1. The van der Waals surface area contributed by atoms with Crippen molar-refractivity contribution in [2.75, 3.05) is 0 Å². The molecule has 3 saturated heterocycles. The van der Waals surface area contributed by atoms with Crippen molar-refractivity contribution in [3.63, 3.8) is 0 Å². The molecule has 15 atom stereocenters. The number of aliphatic hydroxyl groups excluding tert-OH is 9. The fourth-order valence-electron chi connectivity index (χ4n) is 6.14. The van der Waals surface area contributed by atoms with E-state index in [2.05, 4.69) is 0 Å². The Kier molecular flexibility index (Phi) is 11.6. The molecule has 57 heavy (non-hydrogen) atoms. The van der Waals surface area contributed by atoms with Crippen LogP contribution in [-0.2, 0) is 28.6 Å². The lowest BCUT2D eigenvalue weighted by Gasteiger charge is -2.39. The number of carbonyl (C=O) groups is 3. The second kappa shape index (κ2) is 16.0. The molecule has 0 aliphatic carbocycles. The van der Waals surface area contributed by atoms with Gasteiger partial charge in [-0.2, -0.15) is 0 Å². The number of phenolic OH excluding ortho intramolecular Hbond substituents is 1. The van der Waals surface area contributed by atoms with Crippen molar-refractivity contribution in [2.45, 2.75) is 92.1 Å². The first-order valence-electron chi connectivity index (χ1n) is 16.5. The zero-order valence-corrected chi connectivity index (χ0v) is 28.4. The Balaban J connectivity index is 1.38. The first-order chi connectivity index (χ1) is 26.8. The summed E-state index contributed by atoms with van der Waals surface area (Å²) in [5.41, 5.74) is -1.40. The number of benzene rings is 2. The van der Waals surface area contributed by atoms with Gasteiger partial charge in [0.25, 0.3) is 0 Å². The maximum atomic E-state index is 13.3. The van der Waals surface area contributed by atoms with Crippen molar-refractivity contribution in [1.29, 1.82) is 0 Å². The van der Waals surface area contributed by atoms with E-state index in [1.54, 1.807) is 0 Å². The molecule has 0 spiro atoms. The lowest BCUT2D eigenvalue weighted by molar-refractivity contribution is -0.276. The van der Waals surface area contributed by atoms with Gasteiger partial charge in [-0.25, -0.2) is 14.4 Å². The Morgan fingerprint density at radius 2 is 0.965 bits per heavy atom. The first kappa shape index (κ1) is 41.4. The van der Waals surface area contributed by atoms with Crippen LogP contribution in [0.2, 0.25) is 0 Å². The van der Waals surface area contributed by atoms with Crippen molar-refractivity contribution in [3.8, 4) is 34.3 Å². The van der Waals surface area contributed by atoms with E-state index >= 15 is 0 Å². The zero-order chi connectivity index (χ0) is 41.8. The molecule has 4 heterocycles. The van der Waals surface area contributed by atoms with Crippen LogP contribution in [0.5, 0.6) is 23.0 Å². The minimum Gasteiger partial charge on any atom is -0.507 e. The number of aliphatic carboxylic acids is 3. The third-order valence-electron chi connectivity index (χ3n) is 9.19. The number of ether oxygens (including phenoxy) is 6. The molecule has 0 radical (unpaired) electrons. The molecule has 0 unspecified atom stereocenters. The van der Waals surface area contributed by atoms with Gasteiger partial charge in [0.1, 0.15) is 83.2 Å². The Labute approximate surface area is 315 Å². The predicted octanol–water partition coefficient (Wildman–Crippen LogP) is -5.02. The van der Waals surface area contributed by atoms with Crippen molar-refractivity contribution < 1.29 is 114 Å². The third kappa shape index (κ3) is 7.89. The van der Waals surface area contributed by atoms with E-state index in [1.807, 2.05) is 0 Å². The van der Waals surface area contributed by atoms with Gasteiger partial charge in [0.2, 0.25) is 18.9 Å². The van der Waals surface area contributed by atoms with Gasteiger partial charge in [-0.1, -0.05) is 0 Å². The number of hydrogen-bond acceptors (Lipinski definition) is 21. The summed E-state index contributed by atoms with van der Waals surface area (Å²) < 4.78 is 37.9. The smallest absolute Gasteiger partial charge is 0.335 e. The average Bonchev–Trinajstić information content (AvgIpc) is 3.15. The average molecular weight is 815 g/mol. The number of carboxylic acids is 3. The fourth-order valence-corrected chi connectivity index (χ4v) is 6.14. The van der Waals surface area contributed by atoms with Crippen LogP contribution in [0.15, 0.2) is 45.6 Å².